The van der Waals surface area contributed by atoms with Gasteiger partial charge in [-0.15, -0.1) is 0 Å². The number of nitrogens with zero attached hydrogens (tertiary/aromatic N) is 3. The van der Waals surface area contributed by atoms with Crippen LogP contribution in [0, 0.1) is 0 Å². The van der Waals surface area contributed by atoms with Crippen LogP contribution < -0.4 is 5.43 Å². The molecule has 1 N–H and O–H groups in total. The molecule has 0 aromatic heterocycles. The van der Waals surface area contributed by atoms with Gasteiger partial charge >= 0.3 is 0 Å². The van der Waals surface area contributed by atoms with E-state index in [1.54, 1.807) is 0 Å². The first kappa shape index (κ1) is 20.7. The number of likely N-dealkylation sites (N-methyl/N-ethyl adjacent to an activating group) is 2. The van der Waals surface area contributed by atoms with Gasteiger partial charge in [-0.25, -0.2) is 5.43 Å². The average Bonchev–Trinajstić information content (AvgIpc) is 2.96. The number of allylic oxidation sites excluding steroid dienone is 1. The van der Waals surface area contributed by atoms with E-state index in [4.69, 9.17) is 0 Å². The lowest BCUT2D eigenvalue weighted by Gasteiger charge is -2.36. The molecule has 3 atom stereocenters. The normalized spacial score (nSPS) is 23.1. The molecule has 28 heavy (non-hydrogen) atoms. The summed E-state index contributed by atoms with van der Waals surface area (Å²) in [6.07, 6.45) is 5.66. The Balaban J connectivity index is 2.02. The fourth-order valence-electron chi connectivity index (χ4n) is 4.62. The van der Waals surface area contributed by atoms with E-state index in [0.717, 1.165) is 6.42 Å². The molecule has 1 aliphatic rings. The van der Waals surface area contributed by atoms with Gasteiger partial charge in [0.05, 0.1) is 24.3 Å². The quantitative estimate of drug-likeness (QED) is 0.579. The van der Waals surface area contributed by atoms with Crippen molar-refractivity contribution in [3.05, 3.63) is 83.9 Å². The maximum Gasteiger partial charge on any atom is 0.0804 e. The summed E-state index contributed by atoms with van der Waals surface area (Å²) >= 11 is 0. The van der Waals surface area contributed by atoms with E-state index in [1.165, 1.54) is 11.1 Å². The fraction of sp³-hybridized carbons (Fsp3) is 0.417. The van der Waals surface area contributed by atoms with Gasteiger partial charge in [0.1, 0.15) is 0 Å². The van der Waals surface area contributed by atoms with Crippen LogP contribution in [0.3, 0.4) is 0 Å². The molecule has 4 heteroatoms. The molecule has 0 bridgehead atoms. The van der Waals surface area contributed by atoms with E-state index < -0.39 is 0 Å². The molecular weight excluding hydrogens is 344 g/mol. The number of hydrogen-bond acceptors (Lipinski definition) is 4. The number of nitrogens with one attached hydrogen (secondary N) is 1. The third kappa shape index (κ3) is 4.36. The zero-order valence-electron chi connectivity index (χ0n) is 17.8. The minimum Gasteiger partial charge on any atom is -0.281 e. The number of hydrazine groups is 1. The van der Waals surface area contributed by atoms with Crippen LogP contribution in [-0.4, -0.2) is 55.2 Å². The first-order valence-corrected chi connectivity index (χ1v) is 10.1. The molecule has 1 aliphatic heterocycles. The molecule has 1 saturated heterocycles. The predicted octanol–water partition coefficient (Wildman–Crippen LogP) is 4.07. The molecule has 3 rings (SSSR count). The highest BCUT2D eigenvalue weighted by atomic mass is 15.5. The Morgan fingerprint density at radius 2 is 1.36 bits per heavy atom. The lowest BCUT2D eigenvalue weighted by atomic mass is 9.93. The SMILES string of the molecule is C/C=C/C[C@H](NN(C)C)C1N(C)[C@@H](c2ccccc2)[C@H](c2ccccc2)N1C. The lowest BCUT2D eigenvalue weighted by molar-refractivity contribution is 0.0802. The topological polar surface area (TPSA) is 21.8 Å². The van der Waals surface area contributed by atoms with Crippen molar-refractivity contribution in [2.75, 3.05) is 28.2 Å². The molecule has 150 valence electrons. The van der Waals surface area contributed by atoms with Crippen LogP contribution in [0.5, 0.6) is 0 Å². The zero-order valence-corrected chi connectivity index (χ0v) is 17.8. The second-order valence-corrected chi connectivity index (χ2v) is 7.89. The van der Waals surface area contributed by atoms with E-state index in [9.17, 15) is 0 Å². The Hall–Kier alpha value is -1.98. The van der Waals surface area contributed by atoms with Crippen molar-refractivity contribution in [2.45, 2.75) is 37.6 Å². The van der Waals surface area contributed by atoms with Crippen molar-refractivity contribution in [1.82, 2.24) is 20.2 Å². The fourth-order valence-corrected chi connectivity index (χ4v) is 4.62. The van der Waals surface area contributed by atoms with E-state index in [-0.39, 0.29) is 6.17 Å². The van der Waals surface area contributed by atoms with Crippen LogP contribution >= 0.6 is 0 Å². The van der Waals surface area contributed by atoms with Gasteiger partial charge in [0.25, 0.3) is 0 Å². The summed E-state index contributed by atoms with van der Waals surface area (Å²) < 4.78 is 0. The van der Waals surface area contributed by atoms with Crippen molar-refractivity contribution in [1.29, 1.82) is 0 Å². The van der Waals surface area contributed by atoms with Crippen molar-refractivity contribution in [3.63, 3.8) is 0 Å². The first-order valence-electron chi connectivity index (χ1n) is 10.1. The van der Waals surface area contributed by atoms with Gasteiger partial charge in [0, 0.05) is 14.1 Å². The second-order valence-electron chi connectivity index (χ2n) is 7.89. The third-order valence-electron chi connectivity index (χ3n) is 5.70. The Labute approximate surface area is 170 Å². The van der Waals surface area contributed by atoms with Gasteiger partial charge in [-0.1, -0.05) is 72.8 Å². The van der Waals surface area contributed by atoms with Gasteiger partial charge < -0.3 is 0 Å². The molecule has 1 fully saturated rings. The van der Waals surface area contributed by atoms with E-state index >= 15 is 0 Å². The summed E-state index contributed by atoms with van der Waals surface area (Å²) in [6.45, 7) is 2.09. The van der Waals surface area contributed by atoms with Crippen molar-refractivity contribution in [2.24, 2.45) is 0 Å². The van der Waals surface area contributed by atoms with Crippen LogP contribution in [0.1, 0.15) is 36.6 Å². The summed E-state index contributed by atoms with van der Waals surface area (Å²) in [5.74, 6) is 0. The van der Waals surface area contributed by atoms with Crippen LogP contribution in [0.2, 0.25) is 0 Å². The number of hydrogen-bond donors (Lipinski definition) is 1. The molecule has 0 aliphatic carbocycles. The van der Waals surface area contributed by atoms with Crippen molar-refractivity contribution >= 4 is 0 Å². The van der Waals surface area contributed by atoms with Crippen LogP contribution in [-0.2, 0) is 0 Å². The minimum atomic E-state index is 0.272. The molecule has 4 nitrogen and oxygen atoms in total. The largest absolute Gasteiger partial charge is 0.281 e. The molecule has 2 aromatic rings. The molecule has 2 aromatic carbocycles. The molecule has 0 radical (unpaired) electrons. The summed E-state index contributed by atoms with van der Waals surface area (Å²) in [5, 5.41) is 2.07. The smallest absolute Gasteiger partial charge is 0.0804 e. The molecule has 0 saturated carbocycles. The summed E-state index contributed by atoms with van der Waals surface area (Å²) in [5.41, 5.74) is 6.39. The Kier molecular flexibility index (Phi) is 7.03. The Morgan fingerprint density at radius 1 is 0.893 bits per heavy atom. The van der Waals surface area contributed by atoms with Gasteiger partial charge in [-0.05, 0) is 38.6 Å². The average molecular weight is 379 g/mol. The van der Waals surface area contributed by atoms with E-state index in [1.807, 2.05) is 0 Å². The van der Waals surface area contributed by atoms with Gasteiger partial charge in [-0.2, -0.15) is 0 Å². The molecular formula is C24H34N4. The molecule has 1 heterocycles. The second kappa shape index (κ2) is 9.48. The first-order chi connectivity index (χ1) is 13.5. The summed E-state index contributed by atoms with van der Waals surface area (Å²) in [6, 6.07) is 22.7. The van der Waals surface area contributed by atoms with Crippen LogP contribution in [0.25, 0.3) is 0 Å². The molecule has 0 amide bonds. The molecule has 0 unspecified atom stereocenters. The standard InChI is InChI=1S/C24H34N4/c1-6-7-18-21(25-26(2)3)24-27(4)22(19-14-10-8-11-15-19)23(28(24)5)20-16-12-9-13-17-20/h6-17,21-25H,18H2,1-5H3/b7-6+/t21-,22-,23-/m0/s1. The monoisotopic (exact) mass is 378 g/mol. The van der Waals surface area contributed by atoms with Gasteiger partial charge in [0.2, 0.25) is 0 Å². The van der Waals surface area contributed by atoms with Gasteiger partial charge in [0.15, 0.2) is 0 Å². The number of benzene rings is 2. The van der Waals surface area contributed by atoms with Crippen LogP contribution in [0.15, 0.2) is 72.8 Å². The highest BCUT2D eigenvalue weighted by molar-refractivity contribution is 5.30. The van der Waals surface area contributed by atoms with E-state index in [0.29, 0.717) is 18.1 Å². The third-order valence-corrected chi connectivity index (χ3v) is 5.70. The molecule has 0 spiro atoms. The highest BCUT2D eigenvalue weighted by Gasteiger charge is 2.47. The van der Waals surface area contributed by atoms with Crippen LogP contribution in [0.4, 0.5) is 0 Å². The number of rotatable bonds is 7. The summed E-state index contributed by atoms with van der Waals surface area (Å²) in [4.78, 5) is 5.08. The zero-order chi connectivity index (χ0) is 20.1. The summed E-state index contributed by atoms with van der Waals surface area (Å²) in [7, 11) is 8.67. The predicted molar refractivity (Wildman–Crippen MR) is 118 cm³/mol. The maximum atomic E-state index is 3.66. The Bertz CT molecular complexity index is 692. The van der Waals surface area contributed by atoms with E-state index in [2.05, 4.69) is 128 Å². The van der Waals surface area contributed by atoms with Gasteiger partial charge in [-0.3, -0.25) is 14.8 Å². The lowest BCUT2D eigenvalue weighted by Crippen LogP contribution is -2.55. The highest BCUT2D eigenvalue weighted by Crippen LogP contribution is 2.46. The van der Waals surface area contributed by atoms with Crippen molar-refractivity contribution in [3.8, 4) is 0 Å². The maximum absolute atomic E-state index is 3.66. The minimum absolute atomic E-state index is 0.272. The van der Waals surface area contributed by atoms with Crippen molar-refractivity contribution < 1.29 is 0 Å². The Morgan fingerprint density at radius 3 is 1.75 bits per heavy atom.